The van der Waals surface area contributed by atoms with Gasteiger partial charge in [-0.1, -0.05) is 71.1 Å². The molecule has 86 valence electrons. The number of hydrogen-bond donors (Lipinski definition) is 1. The average molecular weight is 208 g/mol. The van der Waals surface area contributed by atoms with Crippen LogP contribution in [-0.2, 0) is 0 Å². The van der Waals surface area contributed by atoms with E-state index in [4.69, 9.17) is 0 Å². The Morgan fingerprint density at radius 1 is 0.933 bits per heavy atom. The second-order valence-corrected chi connectivity index (χ2v) is 5.23. The molecule has 1 atom stereocenters. The smallest absolute Gasteiger partial charge is 0.0746 e. The second-order valence-electron chi connectivity index (χ2n) is 5.23. The van der Waals surface area contributed by atoms with Crippen LogP contribution in [0.2, 0.25) is 0 Å². The highest BCUT2D eigenvalue weighted by molar-refractivity contribution is 5.13. The van der Waals surface area contributed by atoms with Crippen molar-refractivity contribution in [2.24, 2.45) is 11.3 Å². The first-order chi connectivity index (χ1) is 6.83. The minimum Gasteiger partial charge on any atom is -0.389 e. The number of aliphatic hydroxyl groups is 1. The molecule has 0 amide bonds. The molecule has 0 radical (unpaired) electrons. The zero-order chi connectivity index (χ0) is 11.9. The van der Waals surface area contributed by atoms with Crippen LogP contribution in [0.25, 0.3) is 0 Å². The van der Waals surface area contributed by atoms with E-state index in [2.05, 4.69) is 26.8 Å². The Labute approximate surface area is 94.2 Å². The van der Waals surface area contributed by atoms with E-state index in [0.717, 1.165) is 0 Å². The van der Waals surface area contributed by atoms with Gasteiger partial charge in [0.1, 0.15) is 0 Å². The molecule has 0 fully saturated rings. The molecule has 0 aliphatic carbocycles. The highest BCUT2D eigenvalue weighted by atomic mass is 16.3. The molecule has 0 rings (SSSR count). The second kappa shape index (κ2) is 6.62. The van der Waals surface area contributed by atoms with Crippen molar-refractivity contribution < 1.29 is 5.11 Å². The van der Waals surface area contributed by atoms with Gasteiger partial charge in [-0.15, -0.1) is 0 Å². The molecule has 0 aliphatic rings. The third-order valence-corrected chi connectivity index (χ3v) is 1.92. The van der Waals surface area contributed by atoms with Gasteiger partial charge in [0.25, 0.3) is 0 Å². The van der Waals surface area contributed by atoms with Gasteiger partial charge in [0.2, 0.25) is 0 Å². The monoisotopic (exact) mass is 208 g/mol. The standard InChI is InChI=1S/C14H24O/c1-12(2)13(15)10-8-6-7-9-11-14(3,4)5/h6-13,15H,1-5H3/b7-6+,10-8+,11-9+. The summed E-state index contributed by atoms with van der Waals surface area (Å²) in [7, 11) is 0. The molecule has 0 heterocycles. The van der Waals surface area contributed by atoms with Gasteiger partial charge in [0, 0.05) is 0 Å². The van der Waals surface area contributed by atoms with Gasteiger partial charge in [-0.2, -0.15) is 0 Å². The van der Waals surface area contributed by atoms with E-state index < -0.39 is 0 Å². The topological polar surface area (TPSA) is 20.2 Å². The van der Waals surface area contributed by atoms with Gasteiger partial charge in [-0.25, -0.2) is 0 Å². The molecule has 1 heteroatoms. The summed E-state index contributed by atoms with van der Waals surface area (Å²) in [4.78, 5) is 0. The van der Waals surface area contributed by atoms with E-state index >= 15 is 0 Å². The van der Waals surface area contributed by atoms with Crippen LogP contribution < -0.4 is 0 Å². The van der Waals surface area contributed by atoms with Crippen molar-refractivity contribution in [1.29, 1.82) is 0 Å². The summed E-state index contributed by atoms with van der Waals surface area (Å²) in [6.07, 6.45) is 11.5. The lowest BCUT2D eigenvalue weighted by Gasteiger charge is -2.09. The maximum absolute atomic E-state index is 9.47. The van der Waals surface area contributed by atoms with Gasteiger partial charge >= 0.3 is 0 Å². The first kappa shape index (κ1) is 14.2. The number of rotatable bonds is 4. The van der Waals surface area contributed by atoms with Gasteiger partial charge in [0.15, 0.2) is 0 Å². The summed E-state index contributed by atoms with van der Waals surface area (Å²) in [5.41, 5.74) is 0.228. The van der Waals surface area contributed by atoms with Gasteiger partial charge in [-0.05, 0) is 11.3 Å². The number of allylic oxidation sites excluding steroid dienone is 5. The van der Waals surface area contributed by atoms with Crippen LogP contribution in [0.3, 0.4) is 0 Å². The van der Waals surface area contributed by atoms with Gasteiger partial charge in [0.05, 0.1) is 6.10 Å². The average Bonchev–Trinajstić information content (AvgIpc) is 2.08. The van der Waals surface area contributed by atoms with E-state index in [0.29, 0.717) is 0 Å². The predicted molar refractivity (Wildman–Crippen MR) is 67.7 cm³/mol. The first-order valence-corrected chi connectivity index (χ1v) is 5.53. The minimum absolute atomic E-state index is 0.228. The lowest BCUT2D eigenvalue weighted by molar-refractivity contribution is 0.172. The van der Waals surface area contributed by atoms with Crippen molar-refractivity contribution in [2.75, 3.05) is 0 Å². The zero-order valence-electron chi connectivity index (χ0n) is 10.6. The Hall–Kier alpha value is -0.820. The molecule has 0 spiro atoms. The van der Waals surface area contributed by atoms with Crippen LogP contribution in [0.5, 0.6) is 0 Å². The largest absolute Gasteiger partial charge is 0.389 e. The van der Waals surface area contributed by atoms with E-state index in [1.54, 1.807) is 0 Å². The van der Waals surface area contributed by atoms with E-state index in [1.807, 2.05) is 44.2 Å². The van der Waals surface area contributed by atoms with Crippen molar-refractivity contribution in [1.82, 2.24) is 0 Å². The highest BCUT2D eigenvalue weighted by Crippen LogP contribution is 2.14. The number of aliphatic hydroxyl groups excluding tert-OH is 1. The van der Waals surface area contributed by atoms with Crippen molar-refractivity contribution in [2.45, 2.75) is 40.7 Å². The highest BCUT2D eigenvalue weighted by Gasteiger charge is 2.02. The maximum Gasteiger partial charge on any atom is 0.0746 e. The SMILES string of the molecule is CC(C)C(O)/C=C/C=C/C=C/C(C)(C)C. The summed E-state index contributed by atoms with van der Waals surface area (Å²) < 4.78 is 0. The third-order valence-electron chi connectivity index (χ3n) is 1.92. The molecule has 0 bridgehead atoms. The summed E-state index contributed by atoms with van der Waals surface area (Å²) in [6.45, 7) is 10.5. The fourth-order valence-electron chi connectivity index (χ4n) is 0.873. The van der Waals surface area contributed by atoms with Crippen molar-refractivity contribution in [3.63, 3.8) is 0 Å². The molecular formula is C14H24O. The molecule has 0 aromatic rings. The van der Waals surface area contributed by atoms with Crippen molar-refractivity contribution in [3.05, 3.63) is 36.5 Å². The maximum atomic E-state index is 9.47. The molecule has 0 saturated carbocycles. The summed E-state index contributed by atoms with van der Waals surface area (Å²) >= 11 is 0. The van der Waals surface area contributed by atoms with Crippen LogP contribution in [-0.4, -0.2) is 11.2 Å². The molecule has 0 saturated heterocycles. The molecule has 1 N–H and O–H groups in total. The lowest BCUT2D eigenvalue weighted by atomic mass is 9.96. The summed E-state index contributed by atoms with van der Waals surface area (Å²) in [6, 6.07) is 0. The van der Waals surface area contributed by atoms with Crippen LogP contribution in [0, 0.1) is 11.3 Å². The van der Waals surface area contributed by atoms with E-state index in [9.17, 15) is 5.11 Å². The first-order valence-electron chi connectivity index (χ1n) is 5.53. The van der Waals surface area contributed by atoms with Crippen molar-refractivity contribution >= 4 is 0 Å². The van der Waals surface area contributed by atoms with E-state index in [-0.39, 0.29) is 17.4 Å². The molecule has 1 nitrogen and oxygen atoms in total. The Bertz CT molecular complexity index is 239. The molecule has 0 aromatic heterocycles. The lowest BCUT2D eigenvalue weighted by Crippen LogP contribution is -2.10. The van der Waals surface area contributed by atoms with Gasteiger partial charge < -0.3 is 5.11 Å². The fraction of sp³-hybridized carbons (Fsp3) is 0.571. The Morgan fingerprint density at radius 3 is 1.93 bits per heavy atom. The van der Waals surface area contributed by atoms with Crippen LogP contribution in [0.15, 0.2) is 36.5 Å². The minimum atomic E-state index is -0.346. The quantitative estimate of drug-likeness (QED) is 0.698. The molecule has 0 aliphatic heterocycles. The predicted octanol–water partition coefficient (Wildman–Crippen LogP) is 3.72. The normalized spacial score (nSPS) is 16.2. The Morgan fingerprint density at radius 2 is 1.47 bits per heavy atom. The third kappa shape index (κ3) is 9.48. The molecule has 15 heavy (non-hydrogen) atoms. The fourth-order valence-corrected chi connectivity index (χ4v) is 0.873. The van der Waals surface area contributed by atoms with Crippen molar-refractivity contribution in [3.8, 4) is 0 Å². The summed E-state index contributed by atoms with van der Waals surface area (Å²) in [5.74, 6) is 0.278. The molecular weight excluding hydrogens is 184 g/mol. The number of hydrogen-bond acceptors (Lipinski definition) is 1. The molecule has 0 aromatic carbocycles. The Balaban J connectivity index is 3.96. The van der Waals surface area contributed by atoms with Gasteiger partial charge in [-0.3, -0.25) is 0 Å². The molecule has 1 unspecified atom stereocenters. The Kier molecular flexibility index (Phi) is 6.26. The summed E-state index contributed by atoms with van der Waals surface area (Å²) in [5, 5.41) is 9.47. The zero-order valence-corrected chi connectivity index (χ0v) is 10.6. The van der Waals surface area contributed by atoms with Crippen LogP contribution in [0.1, 0.15) is 34.6 Å². The van der Waals surface area contributed by atoms with Crippen LogP contribution in [0.4, 0.5) is 0 Å². The van der Waals surface area contributed by atoms with E-state index in [1.165, 1.54) is 0 Å². The van der Waals surface area contributed by atoms with Crippen LogP contribution >= 0.6 is 0 Å².